The van der Waals surface area contributed by atoms with Crippen molar-refractivity contribution in [3.05, 3.63) is 51.0 Å². The second kappa shape index (κ2) is 9.25. The number of alkyl halides is 7. The highest BCUT2D eigenvalue weighted by Crippen LogP contribution is 2.54. The number of carbonyl (C=O) groups is 2. The fourth-order valence-electron chi connectivity index (χ4n) is 2.71. The molecular formula is C18H11BrClF7N2O4. The van der Waals surface area contributed by atoms with Gasteiger partial charge in [-0.1, -0.05) is 17.7 Å². The first-order chi connectivity index (χ1) is 15.0. The second-order valence-corrected chi connectivity index (χ2v) is 7.50. The number of anilines is 2. The number of para-hydroxylation sites is 1. The van der Waals surface area contributed by atoms with Gasteiger partial charge < -0.3 is 15.2 Å². The minimum Gasteiger partial charge on any atom is -0.494 e. The van der Waals surface area contributed by atoms with Crippen molar-refractivity contribution in [2.75, 3.05) is 17.7 Å². The van der Waals surface area contributed by atoms with Gasteiger partial charge in [0.2, 0.25) is 0 Å². The number of hydrogen-bond donors (Lipinski definition) is 3. The summed E-state index contributed by atoms with van der Waals surface area (Å²) < 4.78 is 96.8. The monoisotopic (exact) mass is 566 g/mol. The van der Waals surface area contributed by atoms with Gasteiger partial charge in [-0.15, -0.1) is 0 Å². The average Bonchev–Trinajstić information content (AvgIpc) is 2.67. The largest absolute Gasteiger partial charge is 0.494 e. The molecule has 180 valence electrons. The van der Waals surface area contributed by atoms with Gasteiger partial charge in [0.1, 0.15) is 0 Å². The van der Waals surface area contributed by atoms with E-state index in [0.29, 0.717) is 0 Å². The second-order valence-electron chi connectivity index (χ2n) is 6.24. The molecule has 0 aliphatic heterocycles. The highest BCUT2D eigenvalue weighted by Gasteiger charge is 2.73. The fourth-order valence-corrected chi connectivity index (χ4v) is 3.65. The van der Waals surface area contributed by atoms with Crippen molar-refractivity contribution in [1.82, 2.24) is 0 Å². The summed E-state index contributed by atoms with van der Waals surface area (Å²) in [7, 11) is 1.12. The van der Waals surface area contributed by atoms with Crippen LogP contribution >= 0.6 is 27.5 Å². The molecule has 2 aromatic carbocycles. The molecule has 0 spiro atoms. The maximum Gasteiger partial charge on any atom is 0.435 e. The van der Waals surface area contributed by atoms with Crippen molar-refractivity contribution < 1.29 is 50.2 Å². The third-order valence-electron chi connectivity index (χ3n) is 4.17. The van der Waals surface area contributed by atoms with E-state index in [1.807, 2.05) is 5.32 Å². The molecule has 0 saturated carbocycles. The smallest absolute Gasteiger partial charge is 0.435 e. The molecule has 33 heavy (non-hydrogen) atoms. The fraction of sp³-hybridized carbons (Fsp3) is 0.222. The molecule has 0 aromatic heterocycles. The number of nitrogens with one attached hydrogen (secondary N) is 2. The number of carbonyl (C=O) groups excluding carboxylic acids is 1. The van der Waals surface area contributed by atoms with Crippen LogP contribution in [0.15, 0.2) is 34.8 Å². The van der Waals surface area contributed by atoms with E-state index in [1.54, 1.807) is 0 Å². The van der Waals surface area contributed by atoms with E-state index >= 15 is 0 Å². The highest BCUT2D eigenvalue weighted by molar-refractivity contribution is 9.10. The molecule has 0 radical (unpaired) electrons. The number of ether oxygens (including phenoxy) is 1. The maximum atomic E-state index is 14.3. The van der Waals surface area contributed by atoms with Crippen LogP contribution in [0.25, 0.3) is 0 Å². The van der Waals surface area contributed by atoms with Gasteiger partial charge in [-0.2, -0.15) is 26.3 Å². The van der Waals surface area contributed by atoms with E-state index in [4.69, 9.17) is 21.4 Å². The number of benzene rings is 2. The summed E-state index contributed by atoms with van der Waals surface area (Å²) in [5, 5.41) is 12.1. The molecule has 6 nitrogen and oxygen atoms in total. The van der Waals surface area contributed by atoms with Crippen LogP contribution in [-0.4, -0.2) is 36.6 Å². The minimum atomic E-state index is -6.36. The summed E-state index contributed by atoms with van der Waals surface area (Å²) in [4.78, 5) is 23.5. The molecule has 0 fully saturated rings. The molecule has 0 aliphatic carbocycles. The number of carboxylic acid groups (broad SMARTS) is 1. The van der Waals surface area contributed by atoms with Crippen LogP contribution in [0.4, 0.5) is 46.9 Å². The quantitative estimate of drug-likeness (QED) is 0.349. The summed E-state index contributed by atoms with van der Waals surface area (Å²) in [6, 6.07) is 3.99. The van der Waals surface area contributed by atoms with Crippen molar-refractivity contribution >= 4 is 50.9 Å². The molecule has 2 amide bonds. The normalized spacial score (nSPS) is 12.3. The summed E-state index contributed by atoms with van der Waals surface area (Å²) in [5.74, 6) is -1.26. The van der Waals surface area contributed by atoms with Crippen molar-refractivity contribution in [2.24, 2.45) is 0 Å². The van der Waals surface area contributed by atoms with Gasteiger partial charge in [0, 0.05) is 10.0 Å². The molecule has 0 saturated heterocycles. The van der Waals surface area contributed by atoms with E-state index in [2.05, 4.69) is 21.2 Å². The van der Waals surface area contributed by atoms with Gasteiger partial charge >= 0.3 is 24.1 Å². The molecule has 2 aromatic rings. The number of halogens is 9. The van der Waals surface area contributed by atoms with Crippen LogP contribution in [-0.2, 0) is 5.67 Å². The lowest BCUT2D eigenvalue weighted by atomic mass is 9.94. The van der Waals surface area contributed by atoms with Crippen LogP contribution in [0.1, 0.15) is 15.9 Å². The zero-order valence-corrected chi connectivity index (χ0v) is 18.3. The van der Waals surface area contributed by atoms with Crippen LogP contribution in [0, 0.1) is 0 Å². The Bertz CT molecular complexity index is 1060. The van der Waals surface area contributed by atoms with E-state index < -0.39 is 50.8 Å². The van der Waals surface area contributed by atoms with E-state index in [9.17, 15) is 40.3 Å². The molecule has 3 N–H and O–H groups in total. The molecular weight excluding hydrogens is 557 g/mol. The van der Waals surface area contributed by atoms with Gasteiger partial charge in [-0.25, -0.2) is 9.18 Å². The Kier molecular flexibility index (Phi) is 7.43. The maximum absolute atomic E-state index is 14.3. The van der Waals surface area contributed by atoms with Gasteiger partial charge in [0.25, 0.3) is 5.91 Å². The highest BCUT2D eigenvalue weighted by atomic mass is 79.9. The van der Waals surface area contributed by atoms with E-state index in [0.717, 1.165) is 7.11 Å². The van der Waals surface area contributed by atoms with Crippen LogP contribution in [0.3, 0.4) is 0 Å². The first-order valence-electron chi connectivity index (χ1n) is 8.34. The predicted octanol–water partition coefficient (Wildman–Crippen LogP) is 6.74. The van der Waals surface area contributed by atoms with Crippen LogP contribution < -0.4 is 15.4 Å². The lowest BCUT2D eigenvalue weighted by Crippen LogP contribution is -2.50. The summed E-state index contributed by atoms with van der Waals surface area (Å²) >= 11 is 8.46. The summed E-state index contributed by atoms with van der Waals surface area (Å²) in [5.41, 5.74) is -8.45. The minimum absolute atomic E-state index is 0.0859. The lowest BCUT2D eigenvalue weighted by molar-refractivity contribution is -0.348. The van der Waals surface area contributed by atoms with Gasteiger partial charge in [-0.3, -0.25) is 10.1 Å². The lowest BCUT2D eigenvalue weighted by Gasteiger charge is -2.30. The number of methoxy groups -OCH3 is 1. The summed E-state index contributed by atoms with van der Waals surface area (Å²) in [6.07, 6.45) is -14.2. The van der Waals surface area contributed by atoms with E-state index in [1.165, 1.54) is 18.2 Å². The Morgan fingerprint density at radius 3 is 2.06 bits per heavy atom. The van der Waals surface area contributed by atoms with Crippen molar-refractivity contribution in [3.8, 4) is 5.75 Å². The number of rotatable bonds is 5. The van der Waals surface area contributed by atoms with Crippen molar-refractivity contribution in [1.29, 1.82) is 0 Å². The first-order valence-corrected chi connectivity index (χ1v) is 9.51. The molecule has 0 aliphatic rings. The Morgan fingerprint density at radius 1 is 1.03 bits per heavy atom. The number of amides is 2. The zero-order chi connectivity index (χ0) is 25.4. The molecule has 0 atom stereocenters. The van der Waals surface area contributed by atoms with Crippen molar-refractivity contribution in [3.63, 3.8) is 0 Å². The van der Waals surface area contributed by atoms with Gasteiger partial charge in [0.05, 0.1) is 29.1 Å². The van der Waals surface area contributed by atoms with Gasteiger partial charge in [-0.05, 0) is 40.2 Å². The van der Waals surface area contributed by atoms with Crippen LogP contribution in [0.2, 0.25) is 5.02 Å². The molecule has 0 bridgehead atoms. The molecule has 0 heterocycles. The molecule has 2 rings (SSSR count). The standard InChI is InChI=1S/C18H11BrClF7N2O4/c1-33-13-8(3-2-4-11(13)28-15(31)32)14(30)29-12-9(19)5-7(6-10(12)20)16(21,17(22,23)24)18(25,26)27/h2-6,28H,1H3,(H,29,30)(H,31,32). The van der Waals surface area contributed by atoms with E-state index in [-0.39, 0.29) is 29.1 Å². The number of hydrogen-bond acceptors (Lipinski definition) is 3. The average molecular weight is 568 g/mol. The Labute approximate surface area is 193 Å². The van der Waals surface area contributed by atoms with Crippen molar-refractivity contribution in [2.45, 2.75) is 18.0 Å². The van der Waals surface area contributed by atoms with Crippen LogP contribution in [0.5, 0.6) is 5.75 Å². The Morgan fingerprint density at radius 2 is 1.61 bits per heavy atom. The third-order valence-corrected chi connectivity index (χ3v) is 5.09. The molecule has 0 unspecified atom stereocenters. The Balaban J connectivity index is 2.52. The first kappa shape index (κ1) is 26.5. The summed E-state index contributed by atoms with van der Waals surface area (Å²) in [6.45, 7) is 0. The topological polar surface area (TPSA) is 87.7 Å². The third kappa shape index (κ3) is 5.11. The Hall–Kier alpha value is -2.74. The van der Waals surface area contributed by atoms with Gasteiger partial charge in [0.15, 0.2) is 5.75 Å². The zero-order valence-electron chi connectivity index (χ0n) is 16.0. The molecule has 15 heteroatoms. The predicted molar refractivity (Wildman–Crippen MR) is 107 cm³/mol. The SMILES string of the molecule is COc1c(NC(=O)O)cccc1C(=O)Nc1c(Cl)cc(C(F)(C(F)(F)F)C(F)(F)F)cc1Br.